The summed E-state index contributed by atoms with van der Waals surface area (Å²) >= 11 is 0. The third kappa shape index (κ3) is 2.23. The normalized spacial score (nSPS) is 22.3. The molecule has 1 fully saturated rings. The average molecular weight is 240 g/mol. The first kappa shape index (κ1) is 11.8. The van der Waals surface area contributed by atoms with E-state index in [4.69, 9.17) is 5.73 Å². The van der Waals surface area contributed by atoms with Crippen LogP contribution in [0.4, 0.5) is 14.5 Å². The predicted octanol–water partition coefficient (Wildman–Crippen LogP) is 2.08. The molecule has 1 aliphatic rings. The van der Waals surface area contributed by atoms with Crippen molar-refractivity contribution in [1.82, 2.24) is 5.32 Å². The Morgan fingerprint density at radius 2 is 2.24 bits per heavy atom. The standard InChI is InChI=1S/C12H14F2N2O/c1-2-6-5-9(6)16-12(17)10-7(13)3-4-8(15)11(10)14/h3-4,6,9H,2,5,15H2,1H3,(H,16,17). The zero-order valence-corrected chi connectivity index (χ0v) is 9.47. The Balaban J connectivity index is 2.17. The van der Waals surface area contributed by atoms with Crippen molar-refractivity contribution in [3.8, 4) is 0 Å². The van der Waals surface area contributed by atoms with Crippen LogP contribution in [0.15, 0.2) is 12.1 Å². The minimum atomic E-state index is -0.990. The molecule has 0 radical (unpaired) electrons. The third-order valence-electron chi connectivity index (χ3n) is 3.11. The Morgan fingerprint density at radius 3 is 2.82 bits per heavy atom. The van der Waals surface area contributed by atoms with Crippen molar-refractivity contribution < 1.29 is 13.6 Å². The highest BCUT2D eigenvalue weighted by Crippen LogP contribution is 2.33. The molecule has 0 bridgehead atoms. The second-order valence-electron chi connectivity index (χ2n) is 4.31. The fraction of sp³-hybridized carbons (Fsp3) is 0.417. The second kappa shape index (κ2) is 4.31. The fourth-order valence-corrected chi connectivity index (χ4v) is 1.89. The molecule has 3 N–H and O–H groups in total. The molecule has 2 rings (SSSR count). The van der Waals surface area contributed by atoms with E-state index in [9.17, 15) is 13.6 Å². The highest BCUT2D eigenvalue weighted by atomic mass is 19.1. The van der Waals surface area contributed by atoms with E-state index in [0.29, 0.717) is 5.92 Å². The Hall–Kier alpha value is -1.65. The highest BCUT2D eigenvalue weighted by molar-refractivity contribution is 5.96. The summed E-state index contributed by atoms with van der Waals surface area (Å²) in [4.78, 5) is 11.7. The maximum atomic E-state index is 13.5. The molecule has 0 spiro atoms. The van der Waals surface area contributed by atoms with Crippen molar-refractivity contribution >= 4 is 11.6 Å². The van der Waals surface area contributed by atoms with E-state index < -0.39 is 23.1 Å². The number of carbonyl (C=O) groups excluding carboxylic acids is 1. The number of benzene rings is 1. The minimum Gasteiger partial charge on any atom is -0.396 e. The summed E-state index contributed by atoms with van der Waals surface area (Å²) in [6.45, 7) is 2.01. The Labute approximate surface area is 98.0 Å². The van der Waals surface area contributed by atoms with Crippen molar-refractivity contribution in [3.63, 3.8) is 0 Å². The maximum absolute atomic E-state index is 13.5. The van der Waals surface area contributed by atoms with Gasteiger partial charge in [-0.2, -0.15) is 0 Å². The van der Waals surface area contributed by atoms with Gasteiger partial charge in [0.1, 0.15) is 11.4 Å². The Kier molecular flexibility index (Phi) is 3.00. The van der Waals surface area contributed by atoms with Gasteiger partial charge < -0.3 is 11.1 Å². The molecule has 0 heterocycles. The zero-order valence-electron chi connectivity index (χ0n) is 9.47. The minimum absolute atomic E-state index is 0.0349. The predicted molar refractivity (Wildman–Crippen MR) is 60.4 cm³/mol. The van der Waals surface area contributed by atoms with Crippen molar-refractivity contribution in [2.75, 3.05) is 5.73 Å². The number of nitrogens with one attached hydrogen (secondary N) is 1. The molecule has 17 heavy (non-hydrogen) atoms. The molecule has 1 aromatic rings. The van der Waals surface area contributed by atoms with Crippen molar-refractivity contribution in [1.29, 1.82) is 0 Å². The topological polar surface area (TPSA) is 55.1 Å². The van der Waals surface area contributed by atoms with Crippen LogP contribution in [-0.4, -0.2) is 11.9 Å². The number of amides is 1. The van der Waals surface area contributed by atoms with E-state index >= 15 is 0 Å². The number of rotatable bonds is 3. The van der Waals surface area contributed by atoms with E-state index in [1.54, 1.807) is 0 Å². The molecule has 2 unspecified atom stereocenters. The lowest BCUT2D eigenvalue weighted by Gasteiger charge is -2.08. The van der Waals surface area contributed by atoms with Gasteiger partial charge in [-0.15, -0.1) is 0 Å². The molecule has 3 nitrogen and oxygen atoms in total. The first-order chi connectivity index (χ1) is 8.04. The number of halogens is 2. The lowest BCUT2D eigenvalue weighted by molar-refractivity contribution is 0.0940. The molecular weight excluding hydrogens is 226 g/mol. The Bertz CT molecular complexity index is 462. The van der Waals surface area contributed by atoms with Crippen molar-refractivity contribution in [2.24, 2.45) is 5.92 Å². The van der Waals surface area contributed by atoms with Gasteiger partial charge in [0.15, 0.2) is 5.82 Å². The van der Waals surface area contributed by atoms with Crippen molar-refractivity contribution in [2.45, 2.75) is 25.8 Å². The molecule has 1 aromatic carbocycles. The number of nitrogens with two attached hydrogens (primary N) is 1. The SMILES string of the molecule is CCC1CC1NC(=O)c1c(F)ccc(N)c1F. The lowest BCUT2D eigenvalue weighted by atomic mass is 10.1. The largest absolute Gasteiger partial charge is 0.396 e. The molecule has 5 heteroatoms. The van der Waals surface area contributed by atoms with E-state index in [1.807, 2.05) is 6.92 Å². The zero-order chi connectivity index (χ0) is 12.6. The van der Waals surface area contributed by atoms with Crippen LogP contribution in [0.3, 0.4) is 0 Å². The van der Waals surface area contributed by atoms with Crippen LogP contribution < -0.4 is 11.1 Å². The summed E-state index contributed by atoms with van der Waals surface area (Å²) in [5.41, 5.74) is 4.49. The molecule has 0 aromatic heterocycles. The van der Waals surface area contributed by atoms with Crippen LogP contribution in [0.1, 0.15) is 30.1 Å². The molecule has 1 aliphatic carbocycles. The van der Waals surface area contributed by atoms with Gasteiger partial charge in [0.05, 0.1) is 5.69 Å². The first-order valence-corrected chi connectivity index (χ1v) is 5.59. The van der Waals surface area contributed by atoms with Gasteiger partial charge in [-0.25, -0.2) is 8.78 Å². The highest BCUT2D eigenvalue weighted by Gasteiger charge is 2.37. The van der Waals surface area contributed by atoms with E-state index in [1.165, 1.54) is 0 Å². The van der Waals surface area contributed by atoms with E-state index in [0.717, 1.165) is 25.0 Å². The molecule has 0 aliphatic heterocycles. The number of nitrogen functional groups attached to an aromatic ring is 1. The van der Waals surface area contributed by atoms with Crippen LogP contribution in [-0.2, 0) is 0 Å². The summed E-state index contributed by atoms with van der Waals surface area (Å²) in [6, 6.07) is 2.14. The van der Waals surface area contributed by atoms with Crippen LogP contribution in [0.25, 0.3) is 0 Å². The summed E-state index contributed by atoms with van der Waals surface area (Å²) in [6.07, 6.45) is 1.82. The van der Waals surface area contributed by atoms with Gasteiger partial charge in [-0.05, 0) is 24.5 Å². The van der Waals surface area contributed by atoms with Gasteiger partial charge >= 0.3 is 0 Å². The summed E-state index contributed by atoms with van der Waals surface area (Å²) in [7, 11) is 0. The van der Waals surface area contributed by atoms with Gasteiger partial charge in [-0.3, -0.25) is 4.79 Å². The van der Waals surface area contributed by atoms with Crippen molar-refractivity contribution in [3.05, 3.63) is 29.3 Å². The first-order valence-electron chi connectivity index (χ1n) is 5.59. The molecular formula is C12H14F2N2O. The smallest absolute Gasteiger partial charge is 0.257 e. The monoisotopic (exact) mass is 240 g/mol. The fourth-order valence-electron chi connectivity index (χ4n) is 1.89. The van der Waals surface area contributed by atoms with E-state index in [2.05, 4.69) is 5.32 Å². The molecule has 92 valence electrons. The van der Waals surface area contributed by atoms with Gasteiger partial charge in [-0.1, -0.05) is 13.3 Å². The van der Waals surface area contributed by atoms with E-state index in [-0.39, 0.29) is 11.7 Å². The average Bonchev–Trinajstić information content (AvgIpc) is 3.02. The molecule has 1 amide bonds. The van der Waals surface area contributed by atoms with Crippen LogP contribution >= 0.6 is 0 Å². The molecule has 1 saturated carbocycles. The quantitative estimate of drug-likeness (QED) is 0.795. The van der Waals surface area contributed by atoms with Crippen LogP contribution in [0, 0.1) is 17.6 Å². The summed E-state index contributed by atoms with van der Waals surface area (Å²) in [5, 5.41) is 2.61. The van der Waals surface area contributed by atoms with Gasteiger partial charge in [0, 0.05) is 6.04 Å². The summed E-state index contributed by atoms with van der Waals surface area (Å²) in [5.74, 6) is -2.18. The molecule has 0 saturated heterocycles. The number of anilines is 1. The van der Waals surface area contributed by atoms with Gasteiger partial charge in [0.2, 0.25) is 0 Å². The molecule has 2 atom stereocenters. The number of carbonyl (C=O) groups is 1. The third-order valence-corrected chi connectivity index (χ3v) is 3.11. The Morgan fingerprint density at radius 1 is 1.53 bits per heavy atom. The number of hydrogen-bond acceptors (Lipinski definition) is 2. The summed E-state index contributed by atoms with van der Waals surface area (Å²) < 4.78 is 26.9. The van der Waals surface area contributed by atoms with Crippen LogP contribution in [0.5, 0.6) is 0 Å². The number of hydrogen-bond donors (Lipinski definition) is 2. The lowest BCUT2D eigenvalue weighted by Crippen LogP contribution is -2.28. The van der Waals surface area contributed by atoms with Gasteiger partial charge in [0.25, 0.3) is 5.91 Å². The maximum Gasteiger partial charge on any atom is 0.257 e. The van der Waals surface area contributed by atoms with Crippen LogP contribution in [0.2, 0.25) is 0 Å². The second-order valence-corrected chi connectivity index (χ2v) is 4.31.